The average Bonchev–Trinajstić information content (AvgIpc) is 2.88. The second-order valence-electron chi connectivity index (χ2n) is 3.51. The molecule has 0 atom stereocenters. The summed E-state index contributed by atoms with van der Waals surface area (Å²) >= 11 is 0. The molecule has 0 saturated heterocycles. The Morgan fingerprint density at radius 1 is 1.19 bits per heavy atom. The lowest BCUT2D eigenvalue weighted by Crippen LogP contribution is -1.88. The fourth-order valence-electron chi connectivity index (χ4n) is 1.92. The Labute approximate surface area is 89.0 Å². The number of hydrogen-bond donors (Lipinski definition) is 1. The van der Waals surface area contributed by atoms with E-state index in [-0.39, 0.29) is 0 Å². The molecule has 0 aliphatic carbocycles. The van der Waals surface area contributed by atoms with E-state index in [0.29, 0.717) is 5.78 Å². The second-order valence-corrected chi connectivity index (χ2v) is 3.51. The number of aromatic amines is 1. The van der Waals surface area contributed by atoms with E-state index >= 15 is 0 Å². The van der Waals surface area contributed by atoms with Gasteiger partial charge in [0.15, 0.2) is 0 Å². The molecule has 0 unspecified atom stereocenters. The molecule has 4 rings (SSSR count). The van der Waals surface area contributed by atoms with Crippen LogP contribution in [0.2, 0.25) is 0 Å². The van der Waals surface area contributed by atoms with Crippen LogP contribution in [0.4, 0.5) is 0 Å². The lowest BCUT2D eigenvalue weighted by Gasteiger charge is -1.97. The Bertz CT molecular complexity index is 812. The zero-order valence-corrected chi connectivity index (χ0v) is 8.12. The third-order valence-corrected chi connectivity index (χ3v) is 2.60. The number of nitrogens with zero attached hydrogens (tertiary/aromatic N) is 5. The van der Waals surface area contributed by atoms with Crippen LogP contribution < -0.4 is 0 Å². The molecule has 4 heterocycles. The molecule has 6 nitrogen and oxygen atoms in total. The topological polar surface area (TPSA) is 71.8 Å². The van der Waals surface area contributed by atoms with E-state index in [2.05, 4.69) is 25.0 Å². The highest BCUT2D eigenvalue weighted by Gasteiger charge is 2.10. The van der Waals surface area contributed by atoms with Gasteiger partial charge in [-0.2, -0.15) is 14.6 Å². The van der Waals surface area contributed by atoms with Gasteiger partial charge >= 0.3 is 0 Å². The van der Waals surface area contributed by atoms with Crippen LogP contribution in [0.1, 0.15) is 0 Å². The zero-order chi connectivity index (χ0) is 10.5. The van der Waals surface area contributed by atoms with Gasteiger partial charge in [0.1, 0.15) is 17.4 Å². The molecule has 6 heteroatoms. The standard InChI is InChI=1S/C10H6N6/c1-2-6-8(11-3-1)9-7(4-12-6)15-10-13-5-14-16(9)10/h1-5,11H. The van der Waals surface area contributed by atoms with Crippen molar-refractivity contribution in [2.24, 2.45) is 0 Å². The van der Waals surface area contributed by atoms with Crippen LogP contribution in [0.15, 0.2) is 30.9 Å². The van der Waals surface area contributed by atoms with Crippen LogP contribution in [0.25, 0.3) is 27.8 Å². The highest BCUT2D eigenvalue weighted by molar-refractivity contribution is 6.00. The van der Waals surface area contributed by atoms with Gasteiger partial charge in [-0.15, -0.1) is 0 Å². The molecule has 0 spiro atoms. The molecule has 0 radical (unpaired) electrons. The molecule has 16 heavy (non-hydrogen) atoms. The highest BCUT2D eigenvalue weighted by atomic mass is 15.3. The predicted molar refractivity (Wildman–Crippen MR) is 57.9 cm³/mol. The van der Waals surface area contributed by atoms with Gasteiger partial charge in [0.2, 0.25) is 0 Å². The maximum atomic E-state index is 4.33. The fourth-order valence-corrected chi connectivity index (χ4v) is 1.92. The van der Waals surface area contributed by atoms with E-state index in [4.69, 9.17) is 0 Å². The molecule has 4 aromatic rings. The van der Waals surface area contributed by atoms with Gasteiger partial charge in [0, 0.05) is 6.20 Å². The normalized spacial score (nSPS) is 11.8. The van der Waals surface area contributed by atoms with Crippen LogP contribution in [0.5, 0.6) is 0 Å². The van der Waals surface area contributed by atoms with Crippen LogP contribution in [-0.2, 0) is 0 Å². The van der Waals surface area contributed by atoms with Gasteiger partial charge in [0.25, 0.3) is 5.78 Å². The highest BCUT2D eigenvalue weighted by Crippen LogP contribution is 2.20. The first-order valence-electron chi connectivity index (χ1n) is 4.85. The number of pyridine rings is 2. The lowest BCUT2D eigenvalue weighted by atomic mass is 10.3. The summed E-state index contributed by atoms with van der Waals surface area (Å²) in [6, 6.07) is 3.86. The van der Waals surface area contributed by atoms with E-state index < -0.39 is 0 Å². The molecule has 4 aromatic heterocycles. The van der Waals surface area contributed by atoms with Crippen molar-refractivity contribution in [3.8, 4) is 0 Å². The maximum absolute atomic E-state index is 4.33. The summed E-state index contributed by atoms with van der Waals surface area (Å²) in [5.74, 6) is 0.599. The van der Waals surface area contributed by atoms with Crippen LogP contribution >= 0.6 is 0 Å². The average molecular weight is 210 g/mol. The Hall–Kier alpha value is -2.50. The monoisotopic (exact) mass is 210 g/mol. The zero-order valence-electron chi connectivity index (χ0n) is 8.12. The summed E-state index contributed by atoms with van der Waals surface area (Å²) in [6.45, 7) is 0. The summed E-state index contributed by atoms with van der Waals surface area (Å²) in [5.41, 5.74) is 3.52. The van der Waals surface area contributed by atoms with Gasteiger partial charge < -0.3 is 4.98 Å². The van der Waals surface area contributed by atoms with Crippen molar-refractivity contribution in [1.82, 2.24) is 29.5 Å². The summed E-state index contributed by atoms with van der Waals surface area (Å²) < 4.78 is 1.72. The molecular formula is C10H6N6. The van der Waals surface area contributed by atoms with Gasteiger partial charge in [-0.25, -0.2) is 4.98 Å². The third-order valence-electron chi connectivity index (χ3n) is 2.60. The van der Waals surface area contributed by atoms with E-state index in [0.717, 1.165) is 22.1 Å². The van der Waals surface area contributed by atoms with E-state index in [1.54, 1.807) is 10.7 Å². The summed E-state index contributed by atoms with van der Waals surface area (Å²) in [4.78, 5) is 15.9. The van der Waals surface area contributed by atoms with Gasteiger partial charge in [0.05, 0.1) is 17.2 Å². The number of H-pyrrole nitrogens is 1. The molecule has 0 saturated carbocycles. The lowest BCUT2D eigenvalue weighted by molar-refractivity contribution is 1.01. The van der Waals surface area contributed by atoms with Crippen molar-refractivity contribution < 1.29 is 0 Å². The largest absolute Gasteiger partial charge is 0.358 e. The Morgan fingerprint density at radius 3 is 3.19 bits per heavy atom. The SMILES string of the molecule is c1c[nH]c2c(c1)ncc1nc3ncnn3c12. The molecule has 0 aliphatic heterocycles. The summed E-state index contributed by atoms with van der Waals surface area (Å²) in [6.07, 6.45) is 5.10. The molecule has 0 fully saturated rings. The van der Waals surface area contributed by atoms with Gasteiger partial charge in [-0.05, 0) is 12.1 Å². The Morgan fingerprint density at radius 2 is 2.19 bits per heavy atom. The van der Waals surface area contributed by atoms with Gasteiger partial charge in [-0.1, -0.05) is 0 Å². The van der Waals surface area contributed by atoms with Gasteiger partial charge in [-0.3, -0.25) is 4.98 Å². The minimum atomic E-state index is 0.599. The molecule has 0 aromatic carbocycles. The first-order valence-corrected chi connectivity index (χ1v) is 4.85. The molecule has 0 aliphatic rings. The minimum absolute atomic E-state index is 0.599. The number of rotatable bonds is 0. The van der Waals surface area contributed by atoms with E-state index in [9.17, 15) is 0 Å². The third kappa shape index (κ3) is 0.813. The van der Waals surface area contributed by atoms with E-state index in [1.807, 2.05) is 18.3 Å². The quantitative estimate of drug-likeness (QED) is 0.472. The smallest absolute Gasteiger partial charge is 0.253 e. The van der Waals surface area contributed by atoms with Crippen molar-refractivity contribution in [3.63, 3.8) is 0 Å². The molecule has 0 bridgehead atoms. The maximum Gasteiger partial charge on any atom is 0.253 e. The van der Waals surface area contributed by atoms with Crippen molar-refractivity contribution in [3.05, 3.63) is 30.9 Å². The van der Waals surface area contributed by atoms with Crippen molar-refractivity contribution in [1.29, 1.82) is 0 Å². The summed E-state index contributed by atoms with van der Waals surface area (Å²) in [5, 5.41) is 4.15. The number of aromatic nitrogens is 6. The molecule has 1 N–H and O–H groups in total. The minimum Gasteiger partial charge on any atom is -0.358 e. The summed E-state index contributed by atoms with van der Waals surface area (Å²) in [7, 11) is 0. The molecule has 0 amide bonds. The fraction of sp³-hybridized carbons (Fsp3) is 0. The van der Waals surface area contributed by atoms with Crippen LogP contribution in [-0.4, -0.2) is 29.5 Å². The van der Waals surface area contributed by atoms with Crippen molar-refractivity contribution in [2.75, 3.05) is 0 Å². The van der Waals surface area contributed by atoms with E-state index in [1.165, 1.54) is 6.33 Å². The number of nitrogens with one attached hydrogen (secondary N) is 1. The molecule has 76 valence electrons. The van der Waals surface area contributed by atoms with Crippen LogP contribution in [0.3, 0.4) is 0 Å². The first kappa shape index (κ1) is 7.75. The predicted octanol–water partition coefficient (Wildman–Crippen LogP) is 1.15. The molecular weight excluding hydrogens is 204 g/mol. The van der Waals surface area contributed by atoms with Crippen LogP contribution in [0, 0.1) is 0 Å². The number of fused-ring (bicyclic) bond motifs is 5. The van der Waals surface area contributed by atoms with Crippen molar-refractivity contribution >= 4 is 27.8 Å². The second kappa shape index (κ2) is 2.54. The van der Waals surface area contributed by atoms with Crippen molar-refractivity contribution in [2.45, 2.75) is 0 Å². The Balaban J connectivity index is 2.41. The number of imidazole rings is 1. The number of hydrogen-bond acceptors (Lipinski definition) is 4. The first-order chi connectivity index (χ1) is 7.93. The Kier molecular flexibility index (Phi) is 1.23.